The lowest BCUT2D eigenvalue weighted by Crippen LogP contribution is -2.53. The Labute approximate surface area is 70.4 Å². The smallest absolute Gasteiger partial charge is 0.317 e. The molecule has 0 bridgehead atoms. The van der Waals surface area contributed by atoms with Crippen LogP contribution in [0.4, 0.5) is 0 Å². The molecule has 0 radical (unpaired) electrons. The Hall–Kier alpha value is -1.10. The molecule has 12 heavy (non-hydrogen) atoms. The van der Waals surface area contributed by atoms with Crippen molar-refractivity contribution < 1.29 is 14.7 Å². The highest BCUT2D eigenvalue weighted by Gasteiger charge is 2.22. The Morgan fingerprint density at radius 2 is 2.50 bits per heavy atom. The number of carbonyl (C=O) groups is 2. The van der Waals surface area contributed by atoms with E-state index in [1.54, 1.807) is 4.90 Å². The van der Waals surface area contributed by atoms with E-state index in [-0.39, 0.29) is 25.0 Å². The number of carboxylic acid groups (broad SMARTS) is 1. The van der Waals surface area contributed by atoms with Gasteiger partial charge in [-0.15, -0.1) is 0 Å². The van der Waals surface area contributed by atoms with Crippen LogP contribution in [-0.4, -0.2) is 47.6 Å². The number of carboxylic acids is 1. The van der Waals surface area contributed by atoms with Gasteiger partial charge in [0, 0.05) is 12.6 Å². The summed E-state index contributed by atoms with van der Waals surface area (Å²) >= 11 is 0. The van der Waals surface area contributed by atoms with E-state index in [4.69, 9.17) is 5.11 Å². The zero-order chi connectivity index (χ0) is 9.14. The molecule has 0 saturated carbocycles. The Bertz CT molecular complexity index is 203. The summed E-state index contributed by atoms with van der Waals surface area (Å²) in [6, 6.07) is 0.0469. The van der Waals surface area contributed by atoms with Crippen LogP contribution in [0, 0.1) is 0 Å². The highest BCUT2D eigenvalue weighted by molar-refractivity contribution is 5.80. The number of amides is 1. The molecule has 5 nitrogen and oxygen atoms in total. The quantitative estimate of drug-likeness (QED) is 0.554. The van der Waals surface area contributed by atoms with Gasteiger partial charge in [-0.3, -0.25) is 14.5 Å². The van der Waals surface area contributed by atoms with Crippen molar-refractivity contribution in [1.82, 2.24) is 10.2 Å². The molecule has 68 valence electrons. The molecule has 1 aliphatic heterocycles. The maximum Gasteiger partial charge on any atom is 0.317 e. The lowest BCUT2D eigenvalue weighted by Gasteiger charge is -2.29. The van der Waals surface area contributed by atoms with E-state index in [2.05, 4.69) is 5.32 Å². The molecule has 0 aliphatic carbocycles. The van der Waals surface area contributed by atoms with E-state index in [0.717, 1.165) is 0 Å². The molecule has 1 fully saturated rings. The van der Waals surface area contributed by atoms with E-state index in [1.807, 2.05) is 6.92 Å². The summed E-state index contributed by atoms with van der Waals surface area (Å²) in [7, 11) is 0. The Balaban J connectivity index is 2.44. The van der Waals surface area contributed by atoms with Crippen LogP contribution >= 0.6 is 0 Å². The van der Waals surface area contributed by atoms with Gasteiger partial charge in [0.2, 0.25) is 5.91 Å². The monoisotopic (exact) mass is 172 g/mol. The molecule has 5 heteroatoms. The molecule has 0 unspecified atom stereocenters. The molecule has 0 spiro atoms. The van der Waals surface area contributed by atoms with Crippen LogP contribution in [0.1, 0.15) is 6.92 Å². The van der Waals surface area contributed by atoms with Crippen LogP contribution in [0.2, 0.25) is 0 Å². The summed E-state index contributed by atoms with van der Waals surface area (Å²) in [5.74, 6) is -0.994. The summed E-state index contributed by atoms with van der Waals surface area (Å²) < 4.78 is 0. The third kappa shape index (κ3) is 2.50. The molecule has 1 heterocycles. The fourth-order valence-electron chi connectivity index (χ4n) is 1.33. The minimum absolute atomic E-state index is 0.0469. The number of hydrogen-bond donors (Lipinski definition) is 2. The van der Waals surface area contributed by atoms with Gasteiger partial charge in [0.25, 0.3) is 0 Å². The lowest BCUT2D eigenvalue weighted by atomic mass is 10.2. The van der Waals surface area contributed by atoms with E-state index in [9.17, 15) is 9.59 Å². The number of nitrogens with zero attached hydrogens (tertiary/aromatic N) is 1. The molecule has 0 aromatic heterocycles. The first-order chi connectivity index (χ1) is 5.58. The van der Waals surface area contributed by atoms with Crippen molar-refractivity contribution in [2.75, 3.05) is 19.6 Å². The largest absolute Gasteiger partial charge is 0.480 e. The molecule has 0 aromatic carbocycles. The molecule has 2 N–H and O–H groups in total. The summed E-state index contributed by atoms with van der Waals surface area (Å²) in [6.45, 7) is 2.60. The van der Waals surface area contributed by atoms with Crippen LogP contribution in [0.3, 0.4) is 0 Å². The van der Waals surface area contributed by atoms with Gasteiger partial charge in [-0.1, -0.05) is 0 Å². The first kappa shape index (κ1) is 8.99. The standard InChI is InChI=1S/C7H12N2O3/c1-5-2-9(4-7(11)12)3-6(10)8-5/h5H,2-4H2,1H3,(H,8,10)(H,11,12)/t5-/m1/s1. The van der Waals surface area contributed by atoms with Gasteiger partial charge in [-0.25, -0.2) is 0 Å². The van der Waals surface area contributed by atoms with E-state index >= 15 is 0 Å². The topological polar surface area (TPSA) is 69.6 Å². The molecule has 0 aromatic rings. The minimum atomic E-state index is -0.892. The highest BCUT2D eigenvalue weighted by atomic mass is 16.4. The zero-order valence-corrected chi connectivity index (χ0v) is 6.91. The maximum atomic E-state index is 10.9. The zero-order valence-electron chi connectivity index (χ0n) is 6.91. The van der Waals surface area contributed by atoms with Crippen LogP contribution in [-0.2, 0) is 9.59 Å². The molecule has 1 rings (SSSR count). The van der Waals surface area contributed by atoms with Gasteiger partial charge in [-0.2, -0.15) is 0 Å². The van der Waals surface area contributed by atoms with Crippen molar-refractivity contribution in [1.29, 1.82) is 0 Å². The third-order valence-corrected chi connectivity index (χ3v) is 1.67. The SMILES string of the molecule is C[C@@H]1CN(CC(=O)O)CC(=O)N1. The molecule has 1 atom stereocenters. The number of piperazine rings is 1. The van der Waals surface area contributed by atoms with E-state index < -0.39 is 5.97 Å². The van der Waals surface area contributed by atoms with Crippen molar-refractivity contribution in [3.8, 4) is 0 Å². The third-order valence-electron chi connectivity index (χ3n) is 1.67. The minimum Gasteiger partial charge on any atom is -0.480 e. The van der Waals surface area contributed by atoms with Gasteiger partial charge in [0.15, 0.2) is 0 Å². The van der Waals surface area contributed by atoms with Gasteiger partial charge < -0.3 is 10.4 Å². The van der Waals surface area contributed by atoms with Crippen molar-refractivity contribution in [2.45, 2.75) is 13.0 Å². The average molecular weight is 172 g/mol. The number of hydrogen-bond acceptors (Lipinski definition) is 3. The van der Waals surface area contributed by atoms with Crippen LogP contribution in [0.5, 0.6) is 0 Å². The number of rotatable bonds is 2. The predicted octanol–water partition coefficient (Wildman–Crippen LogP) is -1.11. The normalized spacial score (nSPS) is 25.1. The second kappa shape index (κ2) is 3.53. The maximum absolute atomic E-state index is 10.9. The van der Waals surface area contributed by atoms with Gasteiger partial charge in [0.1, 0.15) is 0 Å². The Morgan fingerprint density at radius 3 is 3.00 bits per heavy atom. The van der Waals surface area contributed by atoms with Crippen molar-refractivity contribution in [3.05, 3.63) is 0 Å². The van der Waals surface area contributed by atoms with Crippen molar-refractivity contribution in [2.24, 2.45) is 0 Å². The van der Waals surface area contributed by atoms with Crippen LogP contribution in [0.15, 0.2) is 0 Å². The molecular formula is C7H12N2O3. The average Bonchev–Trinajstić information content (AvgIpc) is 1.81. The van der Waals surface area contributed by atoms with Crippen LogP contribution in [0.25, 0.3) is 0 Å². The molecule has 1 aliphatic rings. The second-order valence-electron chi connectivity index (χ2n) is 3.03. The number of carbonyl (C=O) groups excluding carboxylic acids is 1. The lowest BCUT2D eigenvalue weighted by molar-refractivity contribution is -0.139. The second-order valence-corrected chi connectivity index (χ2v) is 3.03. The Kier molecular flexibility index (Phi) is 2.65. The van der Waals surface area contributed by atoms with E-state index in [1.165, 1.54) is 0 Å². The summed E-state index contributed by atoms with van der Waals surface area (Å²) in [4.78, 5) is 22.8. The first-order valence-electron chi connectivity index (χ1n) is 3.81. The fourth-order valence-corrected chi connectivity index (χ4v) is 1.33. The fraction of sp³-hybridized carbons (Fsp3) is 0.714. The van der Waals surface area contributed by atoms with E-state index in [0.29, 0.717) is 6.54 Å². The number of aliphatic carboxylic acids is 1. The Morgan fingerprint density at radius 1 is 1.83 bits per heavy atom. The van der Waals surface area contributed by atoms with Gasteiger partial charge in [0.05, 0.1) is 13.1 Å². The predicted molar refractivity (Wildman–Crippen MR) is 41.7 cm³/mol. The first-order valence-corrected chi connectivity index (χ1v) is 3.81. The summed E-state index contributed by atoms with van der Waals surface area (Å²) in [6.07, 6.45) is 0. The van der Waals surface area contributed by atoms with Crippen molar-refractivity contribution in [3.63, 3.8) is 0 Å². The van der Waals surface area contributed by atoms with Crippen LogP contribution < -0.4 is 5.32 Å². The highest BCUT2D eigenvalue weighted by Crippen LogP contribution is 1.98. The number of nitrogens with one attached hydrogen (secondary N) is 1. The van der Waals surface area contributed by atoms with Gasteiger partial charge in [-0.05, 0) is 6.92 Å². The van der Waals surface area contributed by atoms with Crippen molar-refractivity contribution >= 4 is 11.9 Å². The summed E-state index contributed by atoms with van der Waals surface area (Å²) in [5.41, 5.74) is 0. The molecular weight excluding hydrogens is 160 g/mol. The molecule has 1 amide bonds. The summed E-state index contributed by atoms with van der Waals surface area (Å²) in [5, 5.41) is 11.2. The van der Waals surface area contributed by atoms with Gasteiger partial charge >= 0.3 is 5.97 Å². The molecule has 1 saturated heterocycles.